The van der Waals surface area contributed by atoms with Crippen LogP contribution in [0.15, 0.2) is 18.2 Å². The molecule has 1 aliphatic carbocycles. The molecule has 4 nitrogen and oxygen atoms in total. The molecular weight excluding hydrogens is 273 g/mol. The molecule has 21 heavy (non-hydrogen) atoms. The van der Waals surface area contributed by atoms with Gasteiger partial charge in [0.2, 0.25) is 0 Å². The van der Waals surface area contributed by atoms with Crippen molar-refractivity contribution in [3.05, 3.63) is 29.6 Å². The van der Waals surface area contributed by atoms with Gasteiger partial charge in [0.15, 0.2) is 17.4 Å². The predicted molar refractivity (Wildman–Crippen MR) is 76.9 cm³/mol. The molecule has 0 amide bonds. The highest BCUT2D eigenvalue weighted by molar-refractivity contribution is 5.30. The number of likely N-dealkylation sites (N-methyl/N-ethyl adjacent to an activating group) is 1. The Hall–Kier alpha value is -1.17. The van der Waals surface area contributed by atoms with E-state index in [4.69, 9.17) is 14.2 Å². The highest BCUT2D eigenvalue weighted by atomic mass is 19.1. The standard InChI is InChI=1S/C16H22FNO3/c1-11-4-3-5-13(15(11)17)21-14-10-16(19-8-9-20-16)7-6-12(14)18-2/h3-5,12,14,18H,6-10H2,1-2H3. The maximum absolute atomic E-state index is 14.1. The summed E-state index contributed by atoms with van der Waals surface area (Å²) in [5.41, 5.74) is 0.590. The number of ether oxygens (including phenoxy) is 3. The van der Waals surface area contributed by atoms with Crippen molar-refractivity contribution in [2.24, 2.45) is 0 Å². The fourth-order valence-electron chi connectivity index (χ4n) is 3.20. The second-order valence-electron chi connectivity index (χ2n) is 5.79. The van der Waals surface area contributed by atoms with E-state index < -0.39 is 5.79 Å². The fraction of sp³-hybridized carbons (Fsp3) is 0.625. The van der Waals surface area contributed by atoms with Crippen LogP contribution < -0.4 is 10.1 Å². The van der Waals surface area contributed by atoms with Crippen molar-refractivity contribution < 1.29 is 18.6 Å². The lowest BCUT2D eigenvalue weighted by atomic mass is 9.87. The van der Waals surface area contributed by atoms with Crippen LogP contribution in [0.1, 0.15) is 24.8 Å². The van der Waals surface area contributed by atoms with Crippen LogP contribution >= 0.6 is 0 Å². The molecule has 2 atom stereocenters. The summed E-state index contributed by atoms with van der Waals surface area (Å²) in [6.07, 6.45) is 2.17. The van der Waals surface area contributed by atoms with Gasteiger partial charge in [-0.2, -0.15) is 0 Å². The van der Waals surface area contributed by atoms with E-state index >= 15 is 0 Å². The van der Waals surface area contributed by atoms with Crippen LogP contribution in [0.2, 0.25) is 0 Å². The molecule has 1 aliphatic heterocycles. The van der Waals surface area contributed by atoms with Gasteiger partial charge < -0.3 is 19.5 Å². The lowest BCUT2D eigenvalue weighted by Gasteiger charge is -2.40. The summed E-state index contributed by atoms with van der Waals surface area (Å²) < 4.78 is 31.7. The van der Waals surface area contributed by atoms with Crippen LogP contribution in [0.5, 0.6) is 5.75 Å². The summed E-state index contributed by atoms with van der Waals surface area (Å²) in [5.74, 6) is -0.534. The first-order valence-corrected chi connectivity index (χ1v) is 7.50. The largest absolute Gasteiger partial charge is 0.486 e. The summed E-state index contributed by atoms with van der Waals surface area (Å²) in [7, 11) is 1.90. The molecule has 116 valence electrons. The van der Waals surface area contributed by atoms with Gasteiger partial charge in [-0.15, -0.1) is 0 Å². The van der Waals surface area contributed by atoms with Gasteiger partial charge >= 0.3 is 0 Å². The number of hydrogen-bond acceptors (Lipinski definition) is 4. The smallest absolute Gasteiger partial charge is 0.172 e. The van der Waals surface area contributed by atoms with Crippen LogP contribution in [0.25, 0.3) is 0 Å². The maximum Gasteiger partial charge on any atom is 0.172 e. The summed E-state index contributed by atoms with van der Waals surface area (Å²) in [4.78, 5) is 0. The SMILES string of the molecule is CNC1CCC2(CC1Oc1cccc(C)c1F)OCCO2. The van der Waals surface area contributed by atoms with Crippen LogP contribution in [0.3, 0.4) is 0 Å². The van der Waals surface area contributed by atoms with Crippen LogP contribution in [0.4, 0.5) is 4.39 Å². The van der Waals surface area contributed by atoms with Gasteiger partial charge in [-0.25, -0.2) is 4.39 Å². The van der Waals surface area contributed by atoms with E-state index in [2.05, 4.69) is 5.32 Å². The lowest BCUT2D eigenvalue weighted by molar-refractivity contribution is -0.197. The van der Waals surface area contributed by atoms with Gasteiger partial charge in [0.25, 0.3) is 0 Å². The van der Waals surface area contributed by atoms with Gasteiger partial charge in [0.05, 0.1) is 13.2 Å². The van der Waals surface area contributed by atoms with Gasteiger partial charge in [0, 0.05) is 18.9 Å². The highest BCUT2D eigenvalue weighted by Crippen LogP contribution is 2.38. The summed E-state index contributed by atoms with van der Waals surface area (Å²) >= 11 is 0. The van der Waals surface area contributed by atoms with E-state index in [-0.39, 0.29) is 18.0 Å². The Morgan fingerprint density at radius 2 is 2.10 bits per heavy atom. The molecule has 0 bridgehead atoms. The topological polar surface area (TPSA) is 39.7 Å². The molecule has 0 aromatic heterocycles. The number of nitrogens with one attached hydrogen (secondary N) is 1. The van der Waals surface area contributed by atoms with Crippen LogP contribution in [-0.2, 0) is 9.47 Å². The number of aryl methyl sites for hydroxylation is 1. The maximum atomic E-state index is 14.1. The lowest BCUT2D eigenvalue weighted by Crippen LogP contribution is -2.52. The molecular formula is C16H22FNO3. The highest BCUT2D eigenvalue weighted by Gasteiger charge is 2.46. The van der Waals surface area contributed by atoms with Gasteiger partial charge in [-0.3, -0.25) is 0 Å². The molecule has 2 fully saturated rings. The van der Waals surface area contributed by atoms with Gasteiger partial charge in [-0.1, -0.05) is 12.1 Å². The van der Waals surface area contributed by atoms with Crippen molar-refractivity contribution in [1.82, 2.24) is 5.32 Å². The Balaban J connectivity index is 1.78. The minimum atomic E-state index is -0.543. The van der Waals surface area contributed by atoms with E-state index in [1.54, 1.807) is 19.1 Å². The van der Waals surface area contributed by atoms with Crippen LogP contribution in [0, 0.1) is 12.7 Å². The van der Waals surface area contributed by atoms with Crippen molar-refractivity contribution in [3.63, 3.8) is 0 Å². The van der Waals surface area contributed by atoms with Crippen molar-refractivity contribution >= 4 is 0 Å². The Bertz CT molecular complexity index is 502. The van der Waals surface area contributed by atoms with E-state index in [9.17, 15) is 4.39 Å². The molecule has 1 heterocycles. The third-order valence-electron chi connectivity index (χ3n) is 4.42. The van der Waals surface area contributed by atoms with Gasteiger partial charge in [0.1, 0.15) is 6.10 Å². The Kier molecular flexibility index (Phi) is 4.15. The average Bonchev–Trinajstić information content (AvgIpc) is 2.92. The van der Waals surface area contributed by atoms with E-state index in [1.807, 2.05) is 13.1 Å². The molecule has 1 spiro atoms. The number of halogens is 1. The molecule has 3 rings (SSSR count). The third-order valence-corrected chi connectivity index (χ3v) is 4.42. The van der Waals surface area contributed by atoms with E-state index in [0.29, 0.717) is 30.9 Å². The second-order valence-corrected chi connectivity index (χ2v) is 5.79. The minimum Gasteiger partial charge on any atom is -0.486 e. The number of hydrogen-bond donors (Lipinski definition) is 1. The molecule has 2 aliphatic rings. The van der Waals surface area contributed by atoms with Crippen LogP contribution in [-0.4, -0.2) is 38.2 Å². The Labute approximate surface area is 124 Å². The molecule has 1 saturated heterocycles. The zero-order chi connectivity index (χ0) is 14.9. The Morgan fingerprint density at radius 1 is 1.33 bits per heavy atom. The van der Waals surface area contributed by atoms with Crippen molar-refractivity contribution in [2.75, 3.05) is 20.3 Å². The molecule has 1 aromatic rings. The van der Waals surface area contributed by atoms with Crippen molar-refractivity contribution in [2.45, 2.75) is 44.1 Å². The first kappa shape index (κ1) is 14.8. The number of rotatable bonds is 3. The molecule has 1 aromatic carbocycles. The summed E-state index contributed by atoms with van der Waals surface area (Å²) in [6, 6.07) is 5.39. The molecule has 5 heteroatoms. The first-order chi connectivity index (χ1) is 10.1. The normalized spacial score (nSPS) is 28.0. The van der Waals surface area contributed by atoms with E-state index in [0.717, 1.165) is 12.8 Å². The minimum absolute atomic E-state index is 0.168. The predicted octanol–water partition coefficient (Wildman–Crippen LogP) is 2.40. The van der Waals surface area contributed by atoms with Crippen molar-refractivity contribution in [3.8, 4) is 5.75 Å². The second kappa shape index (κ2) is 5.91. The molecule has 1 saturated carbocycles. The first-order valence-electron chi connectivity index (χ1n) is 7.50. The summed E-state index contributed by atoms with van der Waals surface area (Å²) in [5, 5.41) is 3.26. The zero-order valence-corrected chi connectivity index (χ0v) is 12.5. The summed E-state index contributed by atoms with van der Waals surface area (Å²) in [6.45, 7) is 2.98. The fourth-order valence-corrected chi connectivity index (χ4v) is 3.20. The van der Waals surface area contributed by atoms with E-state index in [1.165, 1.54) is 0 Å². The molecule has 2 unspecified atom stereocenters. The molecule has 0 radical (unpaired) electrons. The monoisotopic (exact) mass is 295 g/mol. The zero-order valence-electron chi connectivity index (χ0n) is 12.5. The third kappa shape index (κ3) is 2.91. The average molecular weight is 295 g/mol. The quantitative estimate of drug-likeness (QED) is 0.929. The number of benzene rings is 1. The Morgan fingerprint density at radius 3 is 2.81 bits per heavy atom. The molecule has 1 N–H and O–H groups in total. The van der Waals surface area contributed by atoms with Gasteiger partial charge in [-0.05, 0) is 32.0 Å². The van der Waals surface area contributed by atoms with Crippen molar-refractivity contribution in [1.29, 1.82) is 0 Å².